The van der Waals surface area contributed by atoms with Crippen LogP contribution >= 0.6 is 0 Å². The molecule has 0 fully saturated rings. The van der Waals surface area contributed by atoms with Crippen LogP contribution in [0.2, 0.25) is 0 Å². The molecule has 16 heavy (non-hydrogen) atoms. The first-order valence-electron chi connectivity index (χ1n) is 4.84. The van der Waals surface area contributed by atoms with Crippen molar-refractivity contribution in [2.24, 2.45) is 0 Å². The van der Waals surface area contributed by atoms with E-state index in [9.17, 15) is 4.79 Å². The molecule has 0 unspecified atom stereocenters. The van der Waals surface area contributed by atoms with Gasteiger partial charge in [0.1, 0.15) is 0 Å². The smallest absolute Gasteiger partial charge is 0.319 e. The SMILES string of the molecule is Cc1ccc(C#N)cc1NC(=O)NCCO. The molecule has 0 radical (unpaired) electrons. The summed E-state index contributed by atoms with van der Waals surface area (Å²) in [4.78, 5) is 11.3. The molecule has 1 rings (SSSR count). The summed E-state index contributed by atoms with van der Waals surface area (Å²) in [5, 5.41) is 22.3. The highest BCUT2D eigenvalue weighted by Crippen LogP contribution is 2.15. The van der Waals surface area contributed by atoms with Gasteiger partial charge in [0.05, 0.1) is 18.2 Å². The number of anilines is 1. The van der Waals surface area contributed by atoms with Crippen LogP contribution in [0.5, 0.6) is 0 Å². The van der Waals surface area contributed by atoms with Gasteiger partial charge in [-0.05, 0) is 24.6 Å². The van der Waals surface area contributed by atoms with Gasteiger partial charge in [-0.25, -0.2) is 4.79 Å². The van der Waals surface area contributed by atoms with Gasteiger partial charge in [-0.15, -0.1) is 0 Å². The number of hydrogen-bond acceptors (Lipinski definition) is 3. The van der Waals surface area contributed by atoms with Crippen LogP contribution in [0.25, 0.3) is 0 Å². The minimum atomic E-state index is -0.396. The van der Waals surface area contributed by atoms with E-state index in [0.717, 1.165) is 5.56 Å². The molecule has 2 amide bonds. The summed E-state index contributed by atoms with van der Waals surface area (Å²) in [5.41, 5.74) is 1.95. The molecule has 5 heteroatoms. The number of nitrogens with one attached hydrogen (secondary N) is 2. The van der Waals surface area contributed by atoms with Crippen LogP contribution in [0, 0.1) is 18.3 Å². The van der Waals surface area contributed by atoms with E-state index in [1.807, 2.05) is 13.0 Å². The van der Waals surface area contributed by atoms with Crippen molar-refractivity contribution in [3.63, 3.8) is 0 Å². The zero-order valence-electron chi connectivity index (χ0n) is 8.95. The summed E-state index contributed by atoms with van der Waals surface area (Å²) in [6.07, 6.45) is 0. The summed E-state index contributed by atoms with van der Waals surface area (Å²) >= 11 is 0. The predicted octanol–water partition coefficient (Wildman–Crippen LogP) is 0.980. The molecule has 0 bridgehead atoms. The maximum Gasteiger partial charge on any atom is 0.319 e. The second-order valence-electron chi connectivity index (χ2n) is 3.25. The van der Waals surface area contributed by atoms with Crippen LogP contribution in [0.3, 0.4) is 0 Å². The van der Waals surface area contributed by atoms with Crippen molar-refractivity contribution < 1.29 is 9.90 Å². The Hall–Kier alpha value is -2.06. The number of rotatable bonds is 3. The van der Waals surface area contributed by atoms with Crippen molar-refractivity contribution in [1.29, 1.82) is 5.26 Å². The Morgan fingerprint density at radius 3 is 2.94 bits per heavy atom. The molecule has 3 N–H and O–H groups in total. The lowest BCUT2D eigenvalue weighted by molar-refractivity contribution is 0.245. The molecule has 5 nitrogen and oxygen atoms in total. The fourth-order valence-electron chi connectivity index (χ4n) is 1.16. The highest BCUT2D eigenvalue weighted by Gasteiger charge is 2.04. The normalized spacial score (nSPS) is 9.31. The van der Waals surface area contributed by atoms with Crippen LogP contribution in [0.1, 0.15) is 11.1 Å². The molecule has 0 aliphatic rings. The number of benzene rings is 1. The molecule has 0 saturated carbocycles. The van der Waals surface area contributed by atoms with E-state index in [1.54, 1.807) is 18.2 Å². The van der Waals surface area contributed by atoms with E-state index in [4.69, 9.17) is 10.4 Å². The van der Waals surface area contributed by atoms with Gasteiger partial charge in [0.15, 0.2) is 0 Å². The average molecular weight is 219 g/mol. The van der Waals surface area contributed by atoms with Gasteiger partial charge in [-0.1, -0.05) is 6.07 Å². The largest absolute Gasteiger partial charge is 0.395 e. The van der Waals surface area contributed by atoms with E-state index in [1.165, 1.54) is 0 Å². The Labute approximate surface area is 93.7 Å². The summed E-state index contributed by atoms with van der Waals surface area (Å²) < 4.78 is 0. The number of amides is 2. The van der Waals surface area contributed by atoms with Crippen LogP contribution in [-0.4, -0.2) is 24.3 Å². The Balaban J connectivity index is 2.73. The number of urea groups is 1. The van der Waals surface area contributed by atoms with E-state index in [0.29, 0.717) is 11.3 Å². The fraction of sp³-hybridized carbons (Fsp3) is 0.273. The van der Waals surface area contributed by atoms with Gasteiger partial charge in [-0.3, -0.25) is 0 Å². The minimum Gasteiger partial charge on any atom is -0.395 e. The van der Waals surface area contributed by atoms with Crippen LogP contribution in [-0.2, 0) is 0 Å². The quantitative estimate of drug-likeness (QED) is 0.708. The lowest BCUT2D eigenvalue weighted by Gasteiger charge is -2.09. The Bertz CT molecular complexity index is 424. The van der Waals surface area contributed by atoms with Crippen LogP contribution in [0.15, 0.2) is 18.2 Å². The third-order valence-electron chi connectivity index (χ3n) is 2.01. The molecule has 0 spiro atoms. The van der Waals surface area contributed by atoms with Crippen molar-refractivity contribution >= 4 is 11.7 Å². The van der Waals surface area contributed by atoms with Gasteiger partial charge < -0.3 is 15.7 Å². The molecule has 0 aliphatic carbocycles. The number of hydrogen-bond donors (Lipinski definition) is 3. The van der Waals surface area contributed by atoms with Gasteiger partial charge in [0, 0.05) is 12.2 Å². The second kappa shape index (κ2) is 5.73. The van der Waals surface area contributed by atoms with E-state index in [-0.39, 0.29) is 13.2 Å². The van der Waals surface area contributed by atoms with Crippen LogP contribution < -0.4 is 10.6 Å². The van der Waals surface area contributed by atoms with Gasteiger partial charge in [0.25, 0.3) is 0 Å². The number of aliphatic hydroxyl groups is 1. The number of carbonyl (C=O) groups is 1. The Morgan fingerprint density at radius 1 is 1.56 bits per heavy atom. The standard InChI is InChI=1S/C11H13N3O2/c1-8-2-3-9(7-12)6-10(8)14-11(16)13-4-5-15/h2-3,6,15H,4-5H2,1H3,(H2,13,14,16). The van der Waals surface area contributed by atoms with Crippen LogP contribution in [0.4, 0.5) is 10.5 Å². The molecular formula is C11H13N3O2. The molecule has 0 heterocycles. The Morgan fingerprint density at radius 2 is 2.31 bits per heavy atom. The van der Waals surface area contributed by atoms with Crippen molar-refractivity contribution in [2.45, 2.75) is 6.92 Å². The molecule has 0 aliphatic heterocycles. The molecule has 0 saturated heterocycles. The van der Waals surface area contributed by atoms with Crippen molar-refractivity contribution in [3.8, 4) is 6.07 Å². The number of nitriles is 1. The molecule has 1 aromatic rings. The van der Waals surface area contributed by atoms with Crippen molar-refractivity contribution in [3.05, 3.63) is 29.3 Å². The highest BCUT2D eigenvalue weighted by atomic mass is 16.3. The van der Waals surface area contributed by atoms with E-state index >= 15 is 0 Å². The summed E-state index contributed by atoms with van der Waals surface area (Å²) in [6, 6.07) is 6.66. The summed E-state index contributed by atoms with van der Waals surface area (Å²) in [5.74, 6) is 0. The van der Waals surface area contributed by atoms with Gasteiger partial charge in [0.2, 0.25) is 0 Å². The van der Waals surface area contributed by atoms with Crippen molar-refractivity contribution in [2.75, 3.05) is 18.5 Å². The molecule has 0 atom stereocenters. The lowest BCUT2D eigenvalue weighted by Crippen LogP contribution is -2.31. The Kier molecular flexibility index (Phi) is 4.30. The van der Waals surface area contributed by atoms with Gasteiger partial charge >= 0.3 is 6.03 Å². The number of nitrogens with zero attached hydrogens (tertiary/aromatic N) is 1. The van der Waals surface area contributed by atoms with Crippen molar-refractivity contribution in [1.82, 2.24) is 5.32 Å². The molecular weight excluding hydrogens is 206 g/mol. The maximum absolute atomic E-state index is 11.3. The molecule has 0 aromatic heterocycles. The van der Waals surface area contributed by atoms with Gasteiger partial charge in [-0.2, -0.15) is 5.26 Å². The summed E-state index contributed by atoms with van der Waals surface area (Å²) in [6.45, 7) is 1.93. The fourth-order valence-corrected chi connectivity index (χ4v) is 1.16. The minimum absolute atomic E-state index is 0.107. The van der Waals surface area contributed by atoms with E-state index < -0.39 is 6.03 Å². The first kappa shape index (κ1) is 12.0. The lowest BCUT2D eigenvalue weighted by atomic mass is 10.1. The monoisotopic (exact) mass is 219 g/mol. The second-order valence-corrected chi connectivity index (χ2v) is 3.25. The zero-order valence-corrected chi connectivity index (χ0v) is 8.95. The number of aryl methyl sites for hydroxylation is 1. The number of carbonyl (C=O) groups excluding carboxylic acids is 1. The summed E-state index contributed by atoms with van der Waals surface area (Å²) in [7, 11) is 0. The maximum atomic E-state index is 11.3. The first-order chi connectivity index (χ1) is 7.67. The number of aliphatic hydroxyl groups excluding tert-OH is 1. The zero-order chi connectivity index (χ0) is 12.0. The third-order valence-corrected chi connectivity index (χ3v) is 2.01. The average Bonchev–Trinajstić information content (AvgIpc) is 2.29. The topological polar surface area (TPSA) is 85.2 Å². The predicted molar refractivity (Wildman–Crippen MR) is 60.0 cm³/mol. The molecule has 1 aromatic carbocycles. The molecule has 84 valence electrons. The van der Waals surface area contributed by atoms with E-state index in [2.05, 4.69) is 10.6 Å². The first-order valence-corrected chi connectivity index (χ1v) is 4.84. The third kappa shape index (κ3) is 3.26. The highest BCUT2D eigenvalue weighted by molar-refractivity contribution is 5.90.